The van der Waals surface area contributed by atoms with Crippen molar-refractivity contribution in [3.8, 4) is 11.6 Å². The van der Waals surface area contributed by atoms with E-state index in [2.05, 4.69) is 82.4 Å². The number of para-hydroxylation sites is 1. The number of rotatable bonds is 7. The van der Waals surface area contributed by atoms with Crippen LogP contribution in [0, 0.1) is 0 Å². The Kier molecular flexibility index (Phi) is 4.82. The number of benzene rings is 2. The smallest absolute Gasteiger partial charge is 0.264 e. The van der Waals surface area contributed by atoms with Crippen molar-refractivity contribution in [1.82, 2.24) is 14.8 Å². The van der Waals surface area contributed by atoms with Crippen LogP contribution < -0.4 is 0 Å². The van der Waals surface area contributed by atoms with Crippen LogP contribution in [0.1, 0.15) is 31.2 Å². The van der Waals surface area contributed by atoms with E-state index < -0.39 is 0 Å². The quantitative estimate of drug-likeness (QED) is 0.458. The zero-order valence-corrected chi connectivity index (χ0v) is 15.1. The Labute approximate surface area is 153 Å². The highest BCUT2D eigenvalue weighted by Gasteiger charge is 2.16. The molecule has 26 heavy (non-hydrogen) atoms. The highest BCUT2D eigenvalue weighted by molar-refractivity contribution is 5.85. The molecule has 0 saturated heterocycles. The van der Waals surface area contributed by atoms with Gasteiger partial charge >= 0.3 is 0 Å². The summed E-state index contributed by atoms with van der Waals surface area (Å²) in [5, 5.41) is 9.74. The Hall–Kier alpha value is -2.88. The third-order valence-electron chi connectivity index (χ3n) is 4.71. The number of hydrogen-bond acceptors (Lipinski definition) is 3. The Morgan fingerprint density at radius 2 is 1.73 bits per heavy atom. The van der Waals surface area contributed by atoms with Gasteiger partial charge in [0.25, 0.3) is 5.89 Å². The monoisotopic (exact) mass is 345 g/mol. The molecule has 0 aliphatic heterocycles. The standard InChI is InChI=1S/C22H23N3O/c1-2-3-13-21-23-24-22(26-21)20-16-18-11-7-8-12-19(18)25(20)15-14-17-9-5-4-6-10-17/h4-12,16H,2-3,13-15H2,1H3. The normalized spacial score (nSPS) is 11.3. The summed E-state index contributed by atoms with van der Waals surface area (Å²) in [6.07, 6.45) is 3.99. The van der Waals surface area contributed by atoms with Gasteiger partial charge in [-0.1, -0.05) is 61.9 Å². The third-order valence-corrected chi connectivity index (χ3v) is 4.71. The lowest BCUT2D eigenvalue weighted by atomic mass is 10.1. The van der Waals surface area contributed by atoms with Gasteiger partial charge in [0.15, 0.2) is 0 Å². The van der Waals surface area contributed by atoms with E-state index in [1.54, 1.807) is 0 Å². The number of fused-ring (bicyclic) bond motifs is 1. The lowest BCUT2D eigenvalue weighted by Crippen LogP contribution is -2.03. The van der Waals surface area contributed by atoms with E-state index in [4.69, 9.17) is 4.42 Å². The fraction of sp³-hybridized carbons (Fsp3) is 0.273. The van der Waals surface area contributed by atoms with Crippen LogP contribution in [0.25, 0.3) is 22.5 Å². The van der Waals surface area contributed by atoms with Crippen molar-refractivity contribution in [1.29, 1.82) is 0 Å². The van der Waals surface area contributed by atoms with E-state index >= 15 is 0 Å². The average Bonchev–Trinajstić information content (AvgIpc) is 3.30. The topological polar surface area (TPSA) is 43.9 Å². The molecule has 2 aromatic carbocycles. The van der Waals surface area contributed by atoms with Gasteiger partial charge in [-0.25, -0.2) is 0 Å². The molecule has 0 radical (unpaired) electrons. The first-order valence-electron chi connectivity index (χ1n) is 9.30. The lowest BCUT2D eigenvalue weighted by molar-refractivity contribution is 0.492. The molecule has 0 atom stereocenters. The molecule has 0 N–H and O–H groups in total. The third kappa shape index (κ3) is 3.40. The summed E-state index contributed by atoms with van der Waals surface area (Å²) in [6.45, 7) is 3.04. The molecule has 4 heteroatoms. The van der Waals surface area contributed by atoms with Crippen molar-refractivity contribution >= 4 is 10.9 Å². The predicted molar refractivity (Wildman–Crippen MR) is 104 cm³/mol. The second-order valence-electron chi connectivity index (χ2n) is 6.58. The zero-order chi connectivity index (χ0) is 17.8. The first-order chi connectivity index (χ1) is 12.8. The molecule has 0 fully saturated rings. The van der Waals surface area contributed by atoms with E-state index in [-0.39, 0.29) is 0 Å². The van der Waals surface area contributed by atoms with Gasteiger partial charge in [0.1, 0.15) is 5.69 Å². The molecule has 2 heterocycles. The van der Waals surface area contributed by atoms with Crippen molar-refractivity contribution in [2.24, 2.45) is 0 Å². The van der Waals surface area contributed by atoms with Gasteiger partial charge in [0.2, 0.25) is 5.89 Å². The molecule has 0 aliphatic carbocycles. The largest absolute Gasteiger partial charge is 0.419 e. The summed E-state index contributed by atoms with van der Waals surface area (Å²) in [4.78, 5) is 0. The van der Waals surface area contributed by atoms with Crippen LogP contribution in [0.3, 0.4) is 0 Å². The van der Waals surface area contributed by atoms with E-state index in [0.717, 1.165) is 43.8 Å². The number of nitrogens with zero attached hydrogens (tertiary/aromatic N) is 3. The number of aromatic nitrogens is 3. The molecule has 0 unspecified atom stereocenters. The zero-order valence-electron chi connectivity index (χ0n) is 15.1. The van der Waals surface area contributed by atoms with Crippen molar-refractivity contribution in [2.75, 3.05) is 0 Å². The van der Waals surface area contributed by atoms with Crippen LogP contribution in [0.5, 0.6) is 0 Å². The van der Waals surface area contributed by atoms with Gasteiger partial charge in [-0.2, -0.15) is 0 Å². The Morgan fingerprint density at radius 1 is 0.923 bits per heavy atom. The first-order valence-corrected chi connectivity index (χ1v) is 9.30. The summed E-state index contributed by atoms with van der Waals surface area (Å²) < 4.78 is 8.24. The minimum Gasteiger partial charge on any atom is -0.419 e. The summed E-state index contributed by atoms with van der Waals surface area (Å²) >= 11 is 0. The van der Waals surface area contributed by atoms with Crippen LogP contribution in [0.2, 0.25) is 0 Å². The summed E-state index contributed by atoms with van der Waals surface area (Å²) in [7, 11) is 0. The number of unbranched alkanes of at least 4 members (excludes halogenated alkanes) is 1. The summed E-state index contributed by atoms with van der Waals surface area (Å²) in [5.41, 5.74) is 3.52. The molecule has 0 saturated carbocycles. The van der Waals surface area contributed by atoms with Crippen molar-refractivity contribution in [2.45, 2.75) is 39.2 Å². The summed E-state index contributed by atoms with van der Waals surface area (Å²) in [6, 6.07) is 21.1. The fourth-order valence-corrected chi connectivity index (χ4v) is 3.30. The molecule has 0 amide bonds. The Bertz CT molecular complexity index is 985. The predicted octanol–water partition coefficient (Wildman–Crippen LogP) is 5.28. The fourth-order valence-electron chi connectivity index (χ4n) is 3.30. The van der Waals surface area contributed by atoms with Crippen molar-refractivity contribution < 1.29 is 4.42 Å². The van der Waals surface area contributed by atoms with Gasteiger partial charge in [-0.05, 0) is 30.5 Å². The van der Waals surface area contributed by atoms with Gasteiger partial charge in [-0.15, -0.1) is 10.2 Å². The molecule has 0 spiro atoms. The second kappa shape index (κ2) is 7.56. The molecule has 132 valence electrons. The first kappa shape index (κ1) is 16.6. The minimum atomic E-state index is 0.611. The molecular formula is C22H23N3O. The van der Waals surface area contributed by atoms with Gasteiger partial charge in [-0.3, -0.25) is 0 Å². The number of aryl methyl sites for hydroxylation is 3. The maximum Gasteiger partial charge on any atom is 0.264 e. The Morgan fingerprint density at radius 3 is 2.58 bits per heavy atom. The van der Waals surface area contributed by atoms with Gasteiger partial charge < -0.3 is 8.98 Å². The van der Waals surface area contributed by atoms with Crippen LogP contribution in [-0.2, 0) is 19.4 Å². The molecule has 4 rings (SSSR count). The summed E-state index contributed by atoms with van der Waals surface area (Å²) in [5.74, 6) is 1.34. The van der Waals surface area contributed by atoms with Crippen molar-refractivity contribution in [3.63, 3.8) is 0 Å². The second-order valence-corrected chi connectivity index (χ2v) is 6.58. The van der Waals surface area contributed by atoms with Crippen molar-refractivity contribution in [3.05, 3.63) is 72.1 Å². The average molecular weight is 345 g/mol. The van der Waals surface area contributed by atoms with Gasteiger partial charge in [0.05, 0.1) is 0 Å². The van der Waals surface area contributed by atoms with Crippen LogP contribution in [0.4, 0.5) is 0 Å². The molecule has 4 nitrogen and oxygen atoms in total. The minimum absolute atomic E-state index is 0.611. The molecule has 0 bridgehead atoms. The van der Waals surface area contributed by atoms with E-state index in [0.29, 0.717) is 5.89 Å². The Balaban J connectivity index is 1.68. The molecule has 4 aromatic rings. The van der Waals surface area contributed by atoms with Crippen LogP contribution >= 0.6 is 0 Å². The molecule has 0 aliphatic rings. The van der Waals surface area contributed by atoms with Crippen LogP contribution in [0.15, 0.2) is 65.1 Å². The molecular weight excluding hydrogens is 322 g/mol. The van der Waals surface area contributed by atoms with Gasteiger partial charge in [0, 0.05) is 23.9 Å². The number of hydrogen-bond donors (Lipinski definition) is 0. The maximum atomic E-state index is 5.95. The van der Waals surface area contributed by atoms with E-state index in [9.17, 15) is 0 Å². The lowest BCUT2D eigenvalue weighted by Gasteiger charge is -2.09. The van der Waals surface area contributed by atoms with E-state index in [1.807, 2.05) is 0 Å². The van der Waals surface area contributed by atoms with E-state index in [1.165, 1.54) is 16.5 Å². The molecule has 2 aromatic heterocycles. The maximum absolute atomic E-state index is 5.95. The highest BCUT2D eigenvalue weighted by atomic mass is 16.4. The SMILES string of the molecule is CCCCc1nnc(-c2cc3ccccc3n2CCc2ccccc2)o1. The van der Waals surface area contributed by atoms with Crippen LogP contribution in [-0.4, -0.2) is 14.8 Å². The highest BCUT2D eigenvalue weighted by Crippen LogP contribution is 2.28.